The third-order valence-corrected chi connectivity index (χ3v) is 17.9. The molecule has 0 saturated carbocycles. The molecular weight excluding hydrogens is 1530 g/mol. The number of alkyl halides is 6. The highest BCUT2D eigenvalue weighted by atomic mass is 19.4. The monoisotopic (exact) mass is 1600 g/mol. The maximum Gasteiger partial charge on any atom is 0.522 e. The number of carbonyl (C=O) groups excluding carboxylic acids is 5. The first-order chi connectivity index (χ1) is 53.6. The largest absolute Gasteiger partial charge is 0.522 e. The molecule has 0 radical (unpaired) electrons. The molecule has 114 heavy (non-hydrogen) atoms. The summed E-state index contributed by atoms with van der Waals surface area (Å²) in [6.07, 6.45) is -4.68. The van der Waals surface area contributed by atoms with Gasteiger partial charge in [0.25, 0.3) is 17.7 Å². The number of halogens is 12. The number of rotatable bonds is 19. The summed E-state index contributed by atoms with van der Waals surface area (Å²) in [7, 11) is 1.46. The van der Waals surface area contributed by atoms with Gasteiger partial charge in [-0.2, -0.15) is 28.1 Å². The fourth-order valence-electron chi connectivity index (χ4n) is 12.6. The van der Waals surface area contributed by atoms with Crippen LogP contribution in [-0.4, -0.2) is 133 Å². The molecule has 3 aliphatic heterocycles. The minimum Gasteiger partial charge on any atom is -0.455 e. The van der Waals surface area contributed by atoms with E-state index in [0.717, 1.165) is 46.2 Å². The van der Waals surface area contributed by atoms with E-state index in [2.05, 4.69) is 60.2 Å². The number of hydrogen-bond acceptors (Lipinski definition) is 24. The Morgan fingerprint density at radius 1 is 0.456 bits per heavy atom. The lowest BCUT2D eigenvalue weighted by atomic mass is 9.91. The van der Waals surface area contributed by atoms with Gasteiger partial charge < -0.3 is 79.3 Å². The van der Waals surface area contributed by atoms with Crippen molar-refractivity contribution in [1.29, 1.82) is 0 Å². The zero-order chi connectivity index (χ0) is 83.4. The summed E-state index contributed by atoms with van der Waals surface area (Å²) in [6, 6.07) is 11.8. The molecule has 30 nitrogen and oxygen atoms in total. The van der Waals surface area contributed by atoms with Crippen LogP contribution in [0.4, 0.5) is 110 Å². The van der Waals surface area contributed by atoms with Crippen LogP contribution in [0.2, 0.25) is 0 Å². The van der Waals surface area contributed by atoms with Crippen LogP contribution in [0.5, 0.6) is 17.6 Å². The van der Waals surface area contributed by atoms with Crippen LogP contribution in [0, 0.1) is 34.9 Å². The van der Waals surface area contributed by atoms with Crippen LogP contribution in [0.1, 0.15) is 81.7 Å². The lowest BCUT2D eigenvalue weighted by molar-refractivity contribution is -0.324. The van der Waals surface area contributed by atoms with Gasteiger partial charge in [-0.05, 0) is 101 Å². The van der Waals surface area contributed by atoms with Crippen molar-refractivity contribution >= 4 is 82.0 Å². The molecule has 42 heteroatoms. The number of nitrogens with one attached hydrogen (secondary N) is 3. The van der Waals surface area contributed by atoms with Crippen molar-refractivity contribution in [2.45, 2.75) is 96.6 Å². The summed E-state index contributed by atoms with van der Waals surface area (Å²) in [5.41, 5.74) is 33.8. The maximum absolute atomic E-state index is 14.1. The number of nitrogen functional groups attached to an aromatic ring is 6. The van der Waals surface area contributed by atoms with Crippen LogP contribution in [-0.2, 0) is 60.0 Å². The molecule has 602 valence electrons. The minimum atomic E-state index is -5.14. The first-order valence-corrected chi connectivity index (χ1v) is 34.3. The van der Waals surface area contributed by atoms with E-state index in [-0.39, 0.29) is 113 Å². The van der Waals surface area contributed by atoms with Crippen LogP contribution < -0.4 is 79.3 Å². The number of pyridine rings is 3. The normalized spacial score (nSPS) is 17.0. The summed E-state index contributed by atoms with van der Waals surface area (Å²) in [5, 5.41) is 6.74. The highest BCUT2D eigenvalue weighted by Gasteiger charge is 2.51. The molecule has 0 unspecified atom stereocenters. The minimum absolute atomic E-state index is 0.00591. The second-order valence-corrected chi connectivity index (χ2v) is 25.7. The van der Waals surface area contributed by atoms with E-state index in [9.17, 15) is 76.7 Å². The molecule has 0 saturated heterocycles. The van der Waals surface area contributed by atoms with E-state index in [0.29, 0.717) is 87.9 Å². The number of nitrogens with two attached hydrogens (primary N) is 6. The number of carbonyl (C=O) groups is 5. The Morgan fingerprint density at radius 3 is 1.04 bits per heavy atom. The Morgan fingerprint density at radius 2 is 0.754 bits per heavy atom. The van der Waals surface area contributed by atoms with E-state index in [1.807, 2.05) is 13.8 Å². The Labute approximate surface area is 639 Å². The second kappa shape index (κ2) is 33.0. The first-order valence-electron chi connectivity index (χ1n) is 34.3. The van der Waals surface area contributed by atoms with Crippen LogP contribution >= 0.6 is 0 Å². The third-order valence-electron chi connectivity index (χ3n) is 17.9. The van der Waals surface area contributed by atoms with Crippen molar-refractivity contribution in [3.8, 4) is 51.0 Å². The topological polar surface area (TPSA) is 440 Å². The highest BCUT2D eigenvalue weighted by Crippen LogP contribution is 2.48. The lowest BCUT2D eigenvalue weighted by Crippen LogP contribution is -2.54. The Balaban J connectivity index is 0.000000181. The van der Waals surface area contributed by atoms with Gasteiger partial charge in [0.15, 0.2) is 0 Å². The number of benzene rings is 3. The molecule has 15 N–H and O–H groups in total. The number of urea groups is 1. The summed E-state index contributed by atoms with van der Waals surface area (Å²) in [6.45, 7) is 7.43. The Kier molecular flexibility index (Phi) is 24.1. The maximum atomic E-state index is 14.1. The predicted molar refractivity (Wildman–Crippen MR) is 389 cm³/mol. The molecule has 0 fully saturated rings. The van der Waals surface area contributed by atoms with E-state index >= 15 is 0 Å². The summed E-state index contributed by atoms with van der Waals surface area (Å²) >= 11 is 0. The molecule has 3 aromatic carbocycles. The zero-order valence-electron chi connectivity index (χ0n) is 61.3. The van der Waals surface area contributed by atoms with Crippen molar-refractivity contribution in [2.75, 3.05) is 95.5 Å². The van der Waals surface area contributed by atoms with Gasteiger partial charge in [-0.15, -0.1) is 13.2 Å². The van der Waals surface area contributed by atoms with Gasteiger partial charge in [0.05, 0.1) is 23.7 Å². The van der Waals surface area contributed by atoms with Crippen molar-refractivity contribution in [3.63, 3.8) is 0 Å². The molecule has 3 aliphatic rings. The highest BCUT2D eigenvalue weighted by molar-refractivity contribution is 6.06. The standard InChI is InChI=1S/C24H22F5N7O3.C24H23F5N6O3.C24H26F2N8O3/c1-3-15-17(18(30)35-22(31)34-15)11-6-16-19(33-10-11)39-23(2,12-7-13(25)9-14(26)8-12)21(38)36(16)5-4-32-20(37)24(27,28)29;1-3-16-18(19(30)34-22(31)33-16)12-7-17-20(32-11-12)38-23(2,13-8-14(25)10-15(26)9-13)21(36)35(17)5-4-6-37-24(27,28)29;1-4-16-18(19(27)33-22(28)32-16)12-7-17-20(31-11-12)37-24(2,13-8-14(25)10-15(26)9-13)21(35)34(17)6-5-30-23(36)29-3/h6-10H,3-5H2,1-2H3,(H,32,37)(H4,30,31,34,35);7-11H,3-6H2,1-2H3,(H4,30,31,33,34);7-11H,4-6H2,1-3H3,(H2,29,30,36)(H4,27,28,32,33)/t2*23-;24-/m000/s1. The number of aryl methyl sites for hydroxylation is 3. The average Bonchev–Trinajstić information content (AvgIpc) is 0.747. The zero-order valence-corrected chi connectivity index (χ0v) is 61.3. The van der Waals surface area contributed by atoms with Crippen molar-refractivity contribution < 1.29 is 95.6 Å². The van der Waals surface area contributed by atoms with Crippen molar-refractivity contribution in [2.24, 2.45) is 0 Å². The molecule has 3 atom stereocenters. The molecule has 0 aliphatic carbocycles. The number of amides is 6. The van der Waals surface area contributed by atoms with Crippen LogP contribution in [0.15, 0.2) is 91.4 Å². The van der Waals surface area contributed by atoms with E-state index in [1.54, 1.807) is 18.3 Å². The first kappa shape index (κ1) is 83.3. The molecule has 6 aromatic heterocycles. The SMILES string of the molecule is CCc1nc(N)nc(N)c1-c1cnc2c(c1)N(CCCOC(F)(F)F)C(=O)[C@](C)(c1cc(F)cc(F)c1)O2.CCc1nc(N)nc(N)c1-c1cnc2c(c1)N(CCNC(=O)C(F)(F)F)C(=O)[C@](C)(c1cc(F)cc(F)c1)O2.CCc1nc(N)nc(N)c1-c1cnc2c(c1)N(CCNC(=O)NC)C(=O)[C@](C)(c1cc(F)cc(F)c1)O2. The van der Waals surface area contributed by atoms with Gasteiger partial charge in [-0.3, -0.25) is 23.9 Å². The Bertz CT molecular complexity index is 5190. The van der Waals surface area contributed by atoms with Gasteiger partial charge in [0, 0.05) is 127 Å². The molecule has 9 aromatic rings. The molecular formula is C72H71F12N21O9. The number of anilines is 9. The number of fused-ring (bicyclic) bond motifs is 3. The second-order valence-electron chi connectivity index (χ2n) is 25.7. The number of nitrogens with zero attached hydrogens (tertiary/aromatic N) is 12. The molecule has 9 heterocycles. The smallest absolute Gasteiger partial charge is 0.455 e. The van der Waals surface area contributed by atoms with Gasteiger partial charge in [-0.1, -0.05) is 20.8 Å². The van der Waals surface area contributed by atoms with Gasteiger partial charge in [0.2, 0.25) is 52.3 Å². The number of hydrogen-bond donors (Lipinski definition) is 9. The molecule has 12 rings (SSSR count). The summed E-state index contributed by atoms with van der Waals surface area (Å²) in [5.74, 6) is -10.1. The molecule has 0 spiro atoms. The van der Waals surface area contributed by atoms with Crippen molar-refractivity contribution in [3.05, 3.63) is 160 Å². The molecule has 6 amide bonds. The van der Waals surface area contributed by atoms with E-state index in [1.165, 1.54) is 63.4 Å². The average molecular weight is 1600 g/mol. The predicted octanol–water partition coefficient (Wildman–Crippen LogP) is 9.09. The van der Waals surface area contributed by atoms with Crippen LogP contribution in [0.3, 0.4) is 0 Å². The van der Waals surface area contributed by atoms with Gasteiger partial charge in [-0.25, -0.2) is 61.0 Å². The Hall–Kier alpha value is -13.2. The van der Waals surface area contributed by atoms with Crippen LogP contribution in [0.25, 0.3) is 33.4 Å². The fraction of sp³-hybridized carbons (Fsp3) is 0.306. The van der Waals surface area contributed by atoms with Gasteiger partial charge in [0.1, 0.15) is 69.4 Å². The lowest BCUT2D eigenvalue weighted by Gasteiger charge is -2.40. The van der Waals surface area contributed by atoms with E-state index in [4.69, 9.17) is 48.6 Å². The number of aromatic nitrogens is 9. The van der Waals surface area contributed by atoms with Crippen molar-refractivity contribution in [1.82, 2.24) is 60.8 Å². The molecule has 0 bridgehead atoms. The summed E-state index contributed by atoms with van der Waals surface area (Å²) in [4.78, 5) is 105. The fourth-order valence-corrected chi connectivity index (χ4v) is 12.6. The quantitative estimate of drug-likeness (QED) is 0.0269. The number of ether oxygens (including phenoxy) is 4. The van der Waals surface area contributed by atoms with E-state index < -0.39 is 114 Å². The summed E-state index contributed by atoms with van der Waals surface area (Å²) < 4.78 is 181. The third kappa shape index (κ3) is 17.7. The van der Waals surface area contributed by atoms with Gasteiger partial charge >= 0.3 is 24.5 Å².